The second kappa shape index (κ2) is 4.57. The maximum absolute atomic E-state index is 12.7. The Hall–Kier alpha value is -1.39. The number of aromatic nitrogens is 1. The summed E-state index contributed by atoms with van der Waals surface area (Å²) in [6.07, 6.45) is 1.70. The molecule has 2 aromatic rings. The van der Waals surface area contributed by atoms with Gasteiger partial charge in [-0.25, -0.2) is 4.98 Å². The number of pyridine rings is 1. The van der Waals surface area contributed by atoms with Crippen molar-refractivity contribution in [1.82, 2.24) is 4.98 Å². The summed E-state index contributed by atoms with van der Waals surface area (Å²) in [6, 6.07) is 9.16. The van der Waals surface area contributed by atoms with Crippen molar-refractivity contribution in [3.8, 4) is 0 Å². The van der Waals surface area contributed by atoms with E-state index in [2.05, 4.69) is 20.9 Å². The highest BCUT2D eigenvalue weighted by atomic mass is 79.9. The van der Waals surface area contributed by atoms with E-state index in [0.717, 1.165) is 15.7 Å². The molecule has 2 heterocycles. The molecule has 0 unspecified atom stereocenters. The molecule has 0 radical (unpaired) electrons. The fourth-order valence-corrected chi connectivity index (χ4v) is 2.85. The van der Waals surface area contributed by atoms with E-state index >= 15 is 0 Å². The van der Waals surface area contributed by atoms with Crippen LogP contribution >= 0.6 is 27.5 Å². The lowest BCUT2D eigenvalue weighted by Crippen LogP contribution is -2.33. The summed E-state index contributed by atoms with van der Waals surface area (Å²) in [5.74, 6) is 0.700. The summed E-state index contributed by atoms with van der Waals surface area (Å²) in [5.41, 5.74) is 1.11. The number of benzene rings is 1. The lowest BCUT2D eigenvalue weighted by Gasteiger charge is -2.19. The van der Waals surface area contributed by atoms with Crippen molar-refractivity contribution < 1.29 is 4.79 Å². The van der Waals surface area contributed by atoms with Crippen LogP contribution in [0.4, 0.5) is 11.5 Å². The van der Waals surface area contributed by atoms with E-state index in [1.54, 1.807) is 23.2 Å². The third-order valence-electron chi connectivity index (χ3n) is 3.54. The van der Waals surface area contributed by atoms with Crippen molar-refractivity contribution in [2.75, 3.05) is 4.90 Å². The first kappa shape index (κ1) is 13.6. The van der Waals surface area contributed by atoms with Gasteiger partial charge in [-0.2, -0.15) is 0 Å². The molecule has 0 bridgehead atoms. The molecular weight excluding hydrogens is 340 g/mol. The van der Waals surface area contributed by atoms with Crippen LogP contribution in [-0.4, -0.2) is 10.9 Å². The number of halogens is 2. The van der Waals surface area contributed by atoms with E-state index in [4.69, 9.17) is 11.6 Å². The van der Waals surface area contributed by atoms with Crippen LogP contribution < -0.4 is 4.90 Å². The number of fused-ring (bicyclic) bond motifs is 1. The van der Waals surface area contributed by atoms with Crippen LogP contribution in [0.2, 0.25) is 5.02 Å². The first-order valence-electron chi connectivity index (χ1n) is 6.17. The summed E-state index contributed by atoms with van der Waals surface area (Å²) >= 11 is 9.32. The molecule has 1 aromatic carbocycles. The molecule has 0 spiro atoms. The van der Waals surface area contributed by atoms with Crippen molar-refractivity contribution in [2.45, 2.75) is 19.3 Å². The summed E-state index contributed by atoms with van der Waals surface area (Å²) < 4.78 is 0.870. The normalized spacial score (nSPS) is 16.4. The van der Waals surface area contributed by atoms with Crippen molar-refractivity contribution in [2.24, 2.45) is 0 Å². The molecular formula is C15H12BrClN2O. The topological polar surface area (TPSA) is 33.2 Å². The Balaban J connectivity index is 2.19. The third kappa shape index (κ3) is 1.95. The zero-order valence-corrected chi connectivity index (χ0v) is 13.4. The molecule has 1 aliphatic rings. The van der Waals surface area contributed by atoms with Crippen LogP contribution in [0.15, 0.2) is 41.0 Å². The predicted octanol–water partition coefficient (Wildman–Crippen LogP) is 4.45. The zero-order valence-electron chi connectivity index (χ0n) is 11.0. The highest BCUT2D eigenvalue weighted by Crippen LogP contribution is 2.44. The molecule has 0 N–H and O–H groups in total. The summed E-state index contributed by atoms with van der Waals surface area (Å²) in [4.78, 5) is 18.8. The Bertz CT molecular complexity index is 698. The minimum absolute atomic E-state index is 0.0143. The highest BCUT2D eigenvalue weighted by Gasteiger charge is 2.45. The number of hydrogen-bond acceptors (Lipinski definition) is 2. The smallest absolute Gasteiger partial charge is 0.242 e. The number of rotatable bonds is 1. The predicted molar refractivity (Wildman–Crippen MR) is 83.6 cm³/mol. The maximum atomic E-state index is 12.7. The van der Waals surface area contributed by atoms with Crippen LogP contribution in [0.25, 0.3) is 0 Å². The first-order chi connectivity index (χ1) is 9.41. The molecule has 0 saturated carbocycles. The Morgan fingerprint density at radius 1 is 1.25 bits per heavy atom. The molecule has 5 heteroatoms. The second-order valence-corrected chi connectivity index (χ2v) is 6.62. The van der Waals surface area contributed by atoms with Gasteiger partial charge in [0, 0.05) is 21.3 Å². The summed E-state index contributed by atoms with van der Waals surface area (Å²) in [6.45, 7) is 3.83. The Kier molecular flexibility index (Phi) is 3.10. The summed E-state index contributed by atoms with van der Waals surface area (Å²) in [7, 11) is 0. The minimum Gasteiger partial charge on any atom is -0.273 e. The van der Waals surface area contributed by atoms with Gasteiger partial charge >= 0.3 is 0 Å². The van der Waals surface area contributed by atoms with E-state index in [0.29, 0.717) is 10.8 Å². The van der Waals surface area contributed by atoms with Gasteiger partial charge < -0.3 is 0 Å². The van der Waals surface area contributed by atoms with Crippen molar-refractivity contribution >= 4 is 44.9 Å². The van der Waals surface area contributed by atoms with E-state index in [1.807, 2.05) is 32.0 Å². The van der Waals surface area contributed by atoms with Crippen LogP contribution in [0.3, 0.4) is 0 Å². The molecule has 102 valence electrons. The SMILES string of the molecule is CC1(C)C(=O)N(c2ccc(Cl)cc2)c2ncc(Br)cc21. The molecule has 3 nitrogen and oxygen atoms in total. The summed E-state index contributed by atoms with van der Waals surface area (Å²) in [5, 5.41) is 0.642. The number of carbonyl (C=O) groups excluding carboxylic acids is 1. The van der Waals surface area contributed by atoms with E-state index in [-0.39, 0.29) is 5.91 Å². The molecule has 1 aromatic heterocycles. The maximum Gasteiger partial charge on any atom is 0.242 e. The first-order valence-corrected chi connectivity index (χ1v) is 7.34. The number of anilines is 2. The van der Waals surface area contributed by atoms with Gasteiger partial charge in [0.15, 0.2) is 0 Å². The molecule has 0 fully saturated rings. The van der Waals surface area contributed by atoms with E-state index in [1.165, 1.54) is 0 Å². The highest BCUT2D eigenvalue weighted by molar-refractivity contribution is 9.10. The Labute approximate surface area is 130 Å². The van der Waals surface area contributed by atoms with Gasteiger partial charge in [-0.1, -0.05) is 11.6 Å². The zero-order chi connectivity index (χ0) is 14.5. The fraction of sp³-hybridized carbons (Fsp3) is 0.200. The molecule has 0 aliphatic carbocycles. The van der Waals surface area contributed by atoms with E-state index in [9.17, 15) is 4.79 Å². The Morgan fingerprint density at radius 3 is 2.55 bits per heavy atom. The van der Waals surface area contributed by atoms with Crippen molar-refractivity contribution in [3.63, 3.8) is 0 Å². The van der Waals surface area contributed by atoms with Gasteiger partial charge in [0.1, 0.15) is 5.82 Å². The van der Waals surface area contributed by atoms with Gasteiger partial charge in [-0.05, 0) is 60.1 Å². The van der Waals surface area contributed by atoms with Gasteiger partial charge in [0.05, 0.1) is 11.1 Å². The molecule has 20 heavy (non-hydrogen) atoms. The average molecular weight is 352 g/mol. The molecule has 1 aliphatic heterocycles. The van der Waals surface area contributed by atoms with Gasteiger partial charge in [-0.3, -0.25) is 9.69 Å². The molecule has 3 rings (SSSR count). The molecule has 1 amide bonds. The van der Waals surface area contributed by atoms with Gasteiger partial charge in [0.2, 0.25) is 5.91 Å². The average Bonchev–Trinajstić information content (AvgIpc) is 2.60. The van der Waals surface area contributed by atoms with Crippen LogP contribution in [-0.2, 0) is 10.2 Å². The fourth-order valence-electron chi connectivity index (χ4n) is 2.39. The number of hydrogen-bond donors (Lipinski definition) is 0. The standard InChI is InChI=1S/C15H12BrClN2O/c1-15(2)12-7-9(16)8-18-13(12)19(14(15)20)11-5-3-10(17)4-6-11/h3-8H,1-2H3. The molecule has 0 saturated heterocycles. The Morgan fingerprint density at radius 2 is 1.90 bits per heavy atom. The van der Waals surface area contributed by atoms with Crippen LogP contribution in [0.1, 0.15) is 19.4 Å². The number of carbonyl (C=O) groups is 1. The van der Waals surface area contributed by atoms with E-state index < -0.39 is 5.41 Å². The lowest BCUT2D eigenvalue weighted by atomic mass is 9.87. The van der Waals surface area contributed by atoms with Gasteiger partial charge in [0.25, 0.3) is 0 Å². The largest absolute Gasteiger partial charge is 0.273 e. The van der Waals surface area contributed by atoms with Crippen LogP contribution in [0.5, 0.6) is 0 Å². The van der Waals surface area contributed by atoms with Crippen LogP contribution in [0, 0.1) is 0 Å². The number of amides is 1. The van der Waals surface area contributed by atoms with Gasteiger partial charge in [-0.15, -0.1) is 0 Å². The van der Waals surface area contributed by atoms with Crippen molar-refractivity contribution in [1.29, 1.82) is 0 Å². The van der Waals surface area contributed by atoms with Crippen molar-refractivity contribution in [3.05, 3.63) is 51.6 Å². The minimum atomic E-state index is -0.592. The lowest BCUT2D eigenvalue weighted by molar-refractivity contribution is -0.121. The number of nitrogens with zero attached hydrogens (tertiary/aromatic N) is 2. The second-order valence-electron chi connectivity index (χ2n) is 5.27. The quantitative estimate of drug-likeness (QED) is 0.760. The monoisotopic (exact) mass is 350 g/mol. The molecule has 0 atom stereocenters. The third-order valence-corrected chi connectivity index (χ3v) is 4.23.